The summed E-state index contributed by atoms with van der Waals surface area (Å²) in [4.78, 5) is 16.8. The molecule has 1 heterocycles. The Morgan fingerprint density at radius 3 is 2.80 bits per heavy atom. The molecule has 0 bridgehead atoms. The summed E-state index contributed by atoms with van der Waals surface area (Å²) in [6, 6.07) is 7.05. The van der Waals surface area contributed by atoms with E-state index in [-0.39, 0.29) is 5.91 Å². The van der Waals surface area contributed by atoms with Crippen molar-refractivity contribution in [3.8, 4) is 0 Å². The Labute approximate surface area is 121 Å². The van der Waals surface area contributed by atoms with E-state index in [2.05, 4.69) is 20.5 Å². The maximum Gasteiger partial charge on any atom is 0.241 e. The van der Waals surface area contributed by atoms with Gasteiger partial charge in [-0.2, -0.15) is 5.10 Å². The molecule has 1 amide bonds. The molecular weight excluding hydrogens is 274 g/mol. The molecule has 0 saturated carbocycles. The van der Waals surface area contributed by atoms with Crippen LogP contribution < -0.4 is 11.1 Å². The number of rotatable bonds is 6. The van der Waals surface area contributed by atoms with Gasteiger partial charge in [-0.25, -0.2) is 4.98 Å². The number of carbonyl (C=O) groups excluding carboxylic acids is 1. The molecule has 0 fully saturated rings. The van der Waals surface area contributed by atoms with Crippen LogP contribution in [0.1, 0.15) is 19.8 Å². The highest BCUT2D eigenvalue weighted by molar-refractivity contribution is 7.99. The summed E-state index contributed by atoms with van der Waals surface area (Å²) >= 11 is 1.47. The second kappa shape index (κ2) is 7.06. The largest absolute Gasteiger partial charge is 0.325 e. The number of hydrogen-bond donors (Lipinski definition) is 3. The quantitative estimate of drug-likeness (QED) is 0.756. The highest BCUT2D eigenvalue weighted by Crippen LogP contribution is 2.25. The number of H-pyrrole nitrogens is 1. The van der Waals surface area contributed by atoms with Gasteiger partial charge in [0, 0.05) is 10.6 Å². The highest BCUT2D eigenvalue weighted by Gasteiger charge is 2.12. The average Bonchev–Trinajstić information content (AvgIpc) is 2.94. The molecule has 0 saturated heterocycles. The van der Waals surface area contributed by atoms with Crippen LogP contribution in [0.25, 0.3) is 0 Å². The van der Waals surface area contributed by atoms with Gasteiger partial charge in [0.05, 0.1) is 6.04 Å². The van der Waals surface area contributed by atoms with Crippen molar-refractivity contribution in [2.24, 2.45) is 5.73 Å². The molecule has 1 atom stereocenters. The third kappa shape index (κ3) is 4.07. The van der Waals surface area contributed by atoms with Gasteiger partial charge in [-0.1, -0.05) is 25.1 Å². The van der Waals surface area contributed by atoms with Crippen molar-refractivity contribution in [3.05, 3.63) is 30.6 Å². The second-order valence-corrected chi connectivity index (χ2v) is 5.36. The zero-order valence-corrected chi connectivity index (χ0v) is 12.0. The number of anilines is 1. The molecule has 20 heavy (non-hydrogen) atoms. The fourth-order valence-electron chi connectivity index (χ4n) is 1.64. The molecule has 4 N–H and O–H groups in total. The van der Waals surface area contributed by atoms with E-state index in [9.17, 15) is 4.79 Å². The van der Waals surface area contributed by atoms with E-state index in [0.29, 0.717) is 6.42 Å². The SMILES string of the molecule is CCC[C@@H](N)C(=O)Nc1ccc(Sc2ncn[nH]2)cc1. The van der Waals surface area contributed by atoms with Crippen molar-refractivity contribution in [1.82, 2.24) is 15.2 Å². The van der Waals surface area contributed by atoms with Crippen molar-refractivity contribution < 1.29 is 4.79 Å². The Hall–Kier alpha value is -1.86. The summed E-state index contributed by atoms with van der Waals surface area (Å²) in [5, 5.41) is 10.1. The molecule has 0 radical (unpaired) electrons. The monoisotopic (exact) mass is 291 g/mol. The van der Waals surface area contributed by atoms with Gasteiger partial charge in [0.15, 0.2) is 5.16 Å². The van der Waals surface area contributed by atoms with Crippen LogP contribution in [0.4, 0.5) is 5.69 Å². The van der Waals surface area contributed by atoms with Gasteiger partial charge >= 0.3 is 0 Å². The third-order valence-electron chi connectivity index (χ3n) is 2.67. The average molecular weight is 291 g/mol. The van der Waals surface area contributed by atoms with Crippen LogP contribution in [0.3, 0.4) is 0 Å². The molecule has 2 rings (SSSR count). The molecule has 2 aromatic rings. The molecule has 1 aromatic heterocycles. The second-order valence-electron chi connectivity index (χ2n) is 4.30. The predicted molar refractivity (Wildman–Crippen MR) is 78.5 cm³/mol. The van der Waals surface area contributed by atoms with Crippen LogP contribution in [-0.4, -0.2) is 27.1 Å². The molecule has 0 aliphatic carbocycles. The zero-order chi connectivity index (χ0) is 14.4. The lowest BCUT2D eigenvalue weighted by atomic mass is 10.1. The van der Waals surface area contributed by atoms with E-state index in [1.165, 1.54) is 18.1 Å². The van der Waals surface area contributed by atoms with Crippen molar-refractivity contribution >= 4 is 23.4 Å². The Bertz CT molecular complexity index is 540. The van der Waals surface area contributed by atoms with Gasteiger partial charge in [0.1, 0.15) is 6.33 Å². The lowest BCUT2D eigenvalue weighted by Gasteiger charge is -2.11. The van der Waals surface area contributed by atoms with E-state index < -0.39 is 6.04 Å². The Morgan fingerprint density at radius 2 is 2.20 bits per heavy atom. The number of carbonyl (C=O) groups is 1. The third-order valence-corrected chi connectivity index (χ3v) is 3.56. The van der Waals surface area contributed by atoms with Gasteiger partial charge in [0.25, 0.3) is 0 Å². The highest BCUT2D eigenvalue weighted by atomic mass is 32.2. The van der Waals surface area contributed by atoms with Gasteiger partial charge in [-0.05, 0) is 30.7 Å². The van der Waals surface area contributed by atoms with Crippen molar-refractivity contribution in [2.45, 2.75) is 35.9 Å². The Morgan fingerprint density at radius 1 is 1.45 bits per heavy atom. The molecule has 0 aliphatic heterocycles. The number of aromatic nitrogens is 3. The maximum atomic E-state index is 11.8. The van der Waals surface area contributed by atoms with E-state index in [1.54, 1.807) is 0 Å². The number of hydrogen-bond acceptors (Lipinski definition) is 5. The van der Waals surface area contributed by atoms with Crippen molar-refractivity contribution in [3.63, 3.8) is 0 Å². The normalized spacial score (nSPS) is 12.1. The molecule has 1 aromatic carbocycles. The number of amides is 1. The van der Waals surface area contributed by atoms with Crippen LogP contribution in [0.2, 0.25) is 0 Å². The van der Waals surface area contributed by atoms with E-state index in [0.717, 1.165) is 22.2 Å². The fourth-order valence-corrected chi connectivity index (χ4v) is 2.33. The molecule has 7 heteroatoms. The summed E-state index contributed by atoms with van der Waals surface area (Å²) in [5.41, 5.74) is 6.50. The topological polar surface area (TPSA) is 96.7 Å². The number of nitrogens with zero attached hydrogens (tertiary/aromatic N) is 2. The standard InChI is InChI=1S/C13H17N5OS/c1-2-3-11(14)12(19)17-9-4-6-10(7-5-9)20-13-15-8-16-18-13/h4-8,11H,2-3,14H2,1H3,(H,17,19)(H,15,16,18)/t11-/m1/s1. The smallest absolute Gasteiger partial charge is 0.241 e. The van der Waals surface area contributed by atoms with E-state index >= 15 is 0 Å². The molecule has 0 spiro atoms. The minimum absolute atomic E-state index is 0.150. The summed E-state index contributed by atoms with van der Waals surface area (Å²) in [5.74, 6) is -0.150. The fraction of sp³-hybridized carbons (Fsp3) is 0.308. The maximum absolute atomic E-state index is 11.8. The Balaban J connectivity index is 1.93. The molecule has 0 unspecified atom stereocenters. The Kier molecular flexibility index (Phi) is 5.14. The number of nitrogens with two attached hydrogens (primary N) is 1. The van der Waals surface area contributed by atoms with Gasteiger partial charge in [-0.3, -0.25) is 9.89 Å². The van der Waals surface area contributed by atoms with Gasteiger partial charge in [0.2, 0.25) is 5.91 Å². The van der Waals surface area contributed by atoms with Gasteiger partial charge < -0.3 is 11.1 Å². The molecule has 106 valence electrons. The first-order valence-corrected chi connectivity index (χ1v) is 7.20. The summed E-state index contributed by atoms with van der Waals surface area (Å²) in [6.07, 6.45) is 3.04. The molecule has 0 aliphatic rings. The minimum atomic E-state index is -0.455. The van der Waals surface area contributed by atoms with E-state index in [1.807, 2.05) is 31.2 Å². The van der Waals surface area contributed by atoms with Gasteiger partial charge in [-0.15, -0.1) is 0 Å². The number of aromatic amines is 1. The summed E-state index contributed by atoms with van der Waals surface area (Å²) in [6.45, 7) is 2.00. The first-order chi connectivity index (χ1) is 9.69. The van der Waals surface area contributed by atoms with E-state index in [4.69, 9.17) is 5.73 Å². The summed E-state index contributed by atoms with van der Waals surface area (Å²) in [7, 11) is 0. The number of benzene rings is 1. The van der Waals surface area contributed by atoms with Crippen LogP contribution >= 0.6 is 11.8 Å². The zero-order valence-electron chi connectivity index (χ0n) is 11.2. The van der Waals surface area contributed by atoms with Crippen molar-refractivity contribution in [2.75, 3.05) is 5.32 Å². The van der Waals surface area contributed by atoms with Crippen LogP contribution in [-0.2, 0) is 4.79 Å². The summed E-state index contributed by atoms with van der Waals surface area (Å²) < 4.78 is 0. The number of nitrogens with one attached hydrogen (secondary N) is 2. The predicted octanol–water partition coefficient (Wildman–Crippen LogP) is 2.02. The van der Waals surface area contributed by atoms with Crippen LogP contribution in [0, 0.1) is 0 Å². The van der Waals surface area contributed by atoms with Crippen molar-refractivity contribution in [1.29, 1.82) is 0 Å². The minimum Gasteiger partial charge on any atom is -0.325 e. The molecule has 6 nitrogen and oxygen atoms in total. The van der Waals surface area contributed by atoms with Crippen LogP contribution in [0.5, 0.6) is 0 Å². The molecular formula is C13H17N5OS. The lowest BCUT2D eigenvalue weighted by molar-refractivity contribution is -0.117. The lowest BCUT2D eigenvalue weighted by Crippen LogP contribution is -2.35. The first kappa shape index (κ1) is 14.5. The van der Waals surface area contributed by atoms with Crippen LogP contribution in [0.15, 0.2) is 40.6 Å². The first-order valence-electron chi connectivity index (χ1n) is 6.38.